The Labute approximate surface area is 112 Å². The summed E-state index contributed by atoms with van der Waals surface area (Å²) in [4.78, 5) is 6.17. The number of nitrogens with zero attached hydrogens (tertiary/aromatic N) is 2. The monoisotopic (exact) mass is 261 g/mol. The molecule has 2 aromatic heterocycles. The van der Waals surface area contributed by atoms with Crippen molar-refractivity contribution < 1.29 is 0 Å². The van der Waals surface area contributed by atoms with Crippen LogP contribution in [0.5, 0.6) is 0 Å². The third-order valence-corrected chi connectivity index (χ3v) is 4.38. The molecule has 0 aliphatic carbocycles. The number of thiophene rings is 1. The second-order valence-electron chi connectivity index (χ2n) is 5.85. The SMILES string of the molecule is CC(C)(C)c1cn2c(n1)NCCC2c1cccs1. The minimum atomic E-state index is 0.103. The Morgan fingerprint density at radius 3 is 2.94 bits per heavy atom. The highest BCUT2D eigenvalue weighted by atomic mass is 32.1. The minimum absolute atomic E-state index is 0.103. The summed E-state index contributed by atoms with van der Waals surface area (Å²) in [5.74, 6) is 1.02. The van der Waals surface area contributed by atoms with Crippen LogP contribution in [0.3, 0.4) is 0 Å². The molecule has 1 aliphatic heterocycles. The summed E-state index contributed by atoms with van der Waals surface area (Å²) in [5.41, 5.74) is 1.26. The number of fused-ring (bicyclic) bond motifs is 1. The molecule has 1 aliphatic rings. The molecule has 0 saturated carbocycles. The fourth-order valence-electron chi connectivity index (χ4n) is 2.34. The maximum atomic E-state index is 4.74. The van der Waals surface area contributed by atoms with E-state index in [0.29, 0.717) is 6.04 Å². The van der Waals surface area contributed by atoms with Gasteiger partial charge in [-0.3, -0.25) is 0 Å². The fourth-order valence-corrected chi connectivity index (χ4v) is 3.20. The molecule has 3 rings (SSSR count). The summed E-state index contributed by atoms with van der Waals surface area (Å²) in [6.07, 6.45) is 3.35. The van der Waals surface area contributed by atoms with Crippen molar-refractivity contribution in [1.82, 2.24) is 9.55 Å². The van der Waals surface area contributed by atoms with Gasteiger partial charge >= 0.3 is 0 Å². The summed E-state index contributed by atoms with van der Waals surface area (Å²) >= 11 is 1.83. The number of rotatable bonds is 1. The highest BCUT2D eigenvalue weighted by molar-refractivity contribution is 7.10. The third kappa shape index (κ3) is 1.94. The summed E-state index contributed by atoms with van der Waals surface area (Å²) in [6, 6.07) is 4.80. The van der Waals surface area contributed by atoms with E-state index < -0.39 is 0 Å². The first kappa shape index (κ1) is 11.8. The number of aromatic nitrogens is 2. The molecular weight excluding hydrogens is 242 g/mol. The molecule has 1 unspecified atom stereocenters. The minimum Gasteiger partial charge on any atom is -0.356 e. The van der Waals surface area contributed by atoms with Gasteiger partial charge in [-0.05, 0) is 17.9 Å². The zero-order chi connectivity index (χ0) is 12.8. The summed E-state index contributed by atoms with van der Waals surface area (Å²) in [6.45, 7) is 7.63. The van der Waals surface area contributed by atoms with Crippen LogP contribution < -0.4 is 5.32 Å². The van der Waals surface area contributed by atoms with Crippen molar-refractivity contribution in [3.8, 4) is 0 Å². The quantitative estimate of drug-likeness (QED) is 0.849. The highest BCUT2D eigenvalue weighted by Gasteiger charge is 2.26. The average Bonchev–Trinajstić information content (AvgIpc) is 2.96. The Morgan fingerprint density at radius 1 is 1.44 bits per heavy atom. The maximum absolute atomic E-state index is 4.74. The average molecular weight is 261 g/mol. The number of hydrogen-bond acceptors (Lipinski definition) is 3. The third-order valence-electron chi connectivity index (χ3n) is 3.41. The first-order valence-corrected chi connectivity index (χ1v) is 7.30. The van der Waals surface area contributed by atoms with Gasteiger partial charge in [-0.25, -0.2) is 4.98 Å². The second-order valence-corrected chi connectivity index (χ2v) is 6.83. The van der Waals surface area contributed by atoms with Gasteiger partial charge < -0.3 is 9.88 Å². The number of hydrogen-bond donors (Lipinski definition) is 1. The van der Waals surface area contributed by atoms with Crippen LogP contribution in [0.4, 0.5) is 5.95 Å². The van der Waals surface area contributed by atoms with Crippen LogP contribution in [-0.2, 0) is 5.41 Å². The standard InChI is InChI=1S/C14H19N3S/c1-14(2,3)12-9-17-10(11-5-4-8-18-11)6-7-15-13(17)16-12/h4-5,8-10H,6-7H2,1-3H3,(H,15,16). The lowest BCUT2D eigenvalue weighted by Crippen LogP contribution is -2.22. The molecule has 0 bridgehead atoms. The van der Waals surface area contributed by atoms with E-state index in [9.17, 15) is 0 Å². The number of anilines is 1. The Morgan fingerprint density at radius 2 is 2.28 bits per heavy atom. The van der Waals surface area contributed by atoms with E-state index in [4.69, 9.17) is 4.98 Å². The second kappa shape index (κ2) is 4.12. The van der Waals surface area contributed by atoms with E-state index in [1.165, 1.54) is 4.88 Å². The fraction of sp³-hybridized carbons (Fsp3) is 0.500. The van der Waals surface area contributed by atoms with Gasteiger partial charge in [-0.15, -0.1) is 11.3 Å². The molecule has 0 radical (unpaired) electrons. The molecular formula is C14H19N3S. The summed E-state index contributed by atoms with van der Waals surface area (Å²) in [5, 5.41) is 5.55. The van der Waals surface area contributed by atoms with Gasteiger partial charge in [0.15, 0.2) is 0 Å². The Bertz CT molecular complexity index is 534. The molecule has 96 valence electrons. The van der Waals surface area contributed by atoms with Crippen LogP contribution >= 0.6 is 11.3 Å². The molecule has 0 aromatic carbocycles. The van der Waals surface area contributed by atoms with Gasteiger partial charge in [0.2, 0.25) is 5.95 Å². The van der Waals surface area contributed by atoms with E-state index in [-0.39, 0.29) is 5.41 Å². The smallest absolute Gasteiger partial charge is 0.203 e. The molecule has 0 fully saturated rings. The Balaban J connectivity index is 2.03. The van der Waals surface area contributed by atoms with Crippen LogP contribution in [0.25, 0.3) is 0 Å². The number of imidazole rings is 1. The summed E-state index contributed by atoms with van der Waals surface area (Å²) < 4.78 is 2.30. The predicted octanol–water partition coefficient (Wildman–Crippen LogP) is 3.65. The first-order chi connectivity index (χ1) is 8.55. The molecule has 2 aromatic rings. The van der Waals surface area contributed by atoms with Crippen molar-refractivity contribution in [3.63, 3.8) is 0 Å². The summed E-state index contributed by atoms with van der Waals surface area (Å²) in [7, 11) is 0. The van der Waals surface area contributed by atoms with Gasteiger partial charge in [-0.2, -0.15) is 0 Å². The highest BCUT2D eigenvalue weighted by Crippen LogP contribution is 2.34. The van der Waals surface area contributed by atoms with E-state index in [0.717, 1.165) is 24.6 Å². The van der Waals surface area contributed by atoms with Crippen molar-refractivity contribution in [2.75, 3.05) is 11.9 Å². The maximum Gasteiger partial charge on any atom is 0.203 e. The molecule has 0 saturated heterocycles. The first-order valence-electron chi connectivity index (χ1n) is 6.42. The zero-order valence-electron chi connectivity index (χ0n) is 11.1. The molecule has 1 atom stereocenters. The zero-order valence-corrected chi connectivity index (χ0v) is 11.9. The van der Waals surface area contributed by atoms with E-state index in [1.54, 1.807) is 0 Å². The van der Waals surface area contributed by atoms with Crippen molar-refractivity contribution in [2.24, 2.45) is 0 Å². The Kier molecular flexibility index (Phi) is 2.70. The van der Waals surface area contributed by atoms with E-state index in [2.05, 4.69) is 54.4 Å². The van der Waals surface area contributed by atoms with Gasteiger partial charge in [0.1, 0.15) is 0 Å². The van der Waals surface area contributed by atoms with Gasteiger partial charge in [-0.1, -0.05) is 26.8 Å². The normalized spacial score (nSPS) is 19.4. The van der Waals surface area contributed by atoms with Gasteiger partial charge in [0.05, 0.1) is 11.7 Å². The lowest BCUT2D eigenvalue weighted by molar-refractivity contribution is 0.534. The van der Waals surface area contributed by atoms with Crippen molar-refractivity contribution in [1.29, 1.82) is 0 Å². The molecule has 4 heteroatoms. The molecule has 1 N–H and O–H groups in total. The largest absolute Gasteiger partial charge is 0.356 e. The van der Waals surface area contributed by atoms with E-state index >= 15 is 0 Å². The van der Waals surface area contributed by atoms with Gasteiger partial charge in [0.25, 0.3) is 0 Å². The van der Waals surface area contributed by atoms with Crippen LogP contribution in [-0.4, -0.2) is 16.1 Å². The van der Waals surface area contributed by atoms with Crippen molar-refractivity contribution >= 4 is 17.3 Å². The van der Waals surface area contributed by atoms with Crippen LogP contribution in [0.15, 0.2) is 23.7 Å². The lowest BCUT2D eigenvalue weighted by atomic mass is 9.93. The number of nitrogens with one attached hydrogen (secondary N) is 1. The Hall–Kier alpha value is -1.29. The molecule has 0 amide bonds. The predicted molar refractivity (Wildman–Crippen MR) is 76.5 cm³/mol. The van der Waals surface area contributed by atoms with Crippen LogP contribution in [0.1, 0.15) is 43.8 Å². The molecule has 3 nitrogen and oxygen atoms in total. The lowest BCUT2D eigenvalue weighted by Gasteiger charge is -2.25. The van der Waals surface area contributed by atoms with Crippen LogP contribution in [0, 0.1) is 0 Å². The van der Waals surface area contributed by atoms with Gasteiger partial charge in [0, 0.05) is 23.0 Å². The van der Waals surface area contributed by atoms with Crippen LogP contribution in [0.2, 0.25) is 0 Å². The van der Waals surface area contributed by atoms with Crippen molar-refractivity contribution in [2.45, 2.75) is 38.6 Å². The topological polar surface area (TPSA) is 29.9 Å². The molecule has 3 heterocycles. The van der Waals surface area contributed by atoms with Crippen molar-refractivity contribution in [3.05, 3.63) is 34.3 Å². The molecule has 18 heavy (non-hydrogen) atoms. The molecule has 0 spiro atoms. The van der Waals surface area contributed by atoms with E-state index in [1.807, 2.05) is 11.3 Å².